The number of aromatic hydroxyl groups is 1. The Morgan fingerprint density at radius 2 is 1.61 bits per heavy atom. The van der Waals surface area contributed by atoms with Crippen LogP contribution in [0.1, 0.15) is 42.4 Å². The molecule has 4 aliphatic rings. The van der Waals surface area contributed by atoms with E-state index in [4.69, 9.17) is 27.9 Å². The number of imide groups is 2. The van der Waals surface area contributed by atoms with Crippen molar-refractivity contribution in [1.82, 2.24) is 9.99 Å². The second-order valence-electron chi connectivity index (χ2n) is 15.8. The average molecular weight is 925 g/mol. The number of pyridine rings is 1. The number of aromatic nitrogens is 1. The Kier molecular flexibility index (Phi) is 10.8. The molecule has 0 spiro atoms. The van der Waals surface area contributed by atoms with Gasteiger partial charge in [-0.05, 0) is 67.1 Å². The number of ether oxygens (including phenoxy) is 1. The van der Waals surface area contributed by atoms with E-state index in [2.05, 4.69) is 10.4 Å². The van der Waals surface area contributed by atoms with Gasteiger partial charge >= 0.3 is 17.6 Å². The van der Waals surface area contributed by atoms with E-state index in [9.17, 15) is 48.1 Å². The summed E-state index contributed by atoms with van der Waals surface area (Å²) in [6.45, 7) is 1.78. The summed E-state index contributed by atoms with van der Waals surface area (Å²) in [5.74, 6) is -10.1. The molecule has 1 aromatic heterocycles. The predicted molar refractivity (Wildman–Crippen MR) is 223 cm³/mol. The van der Waals surface area contributed by atoms with Gasteiger partial charge < -0.3 is 14.7 Å². The summed E-state index contributed by atoms with van der Waals surface area (Å²) in [6, 6.07) is 12.8. The number of fused-ring (bicyclic) bond motifs is 4. The average Bonchev–Trinajstić information content (AvgIpc) is 3.62. The van der Waals surface area contributed by atoms with Gasteiger partial charge in [0.05, 0.1) is 55.9 Å². The fourth-order valence-corrected chi connectivity index (χ4v) is 10.2. The molecule has 3 heterocycles. The number of carbonyl (C=O) groups excluding carboxylic acids is 4. The van der Waals surface area contributed by atoms with Crippen LogP contribution in [0.15, 0.2) is 78.5 Å². The van der Waals surface area contributed by atoms with E-state index < -0.39 is 108 Å². The number of hydrogen-bond donors (Lipinski definition) is 2. The molecule has 3 fully saturated rings. The van der Waals surface area contributed by atoms with Crippen molar-refractivity contribution in [2.75, 3.05) is 35.9 Å². The monoisotopic (exact) mass is 923 g/mol. The van der Waals surface area contributed by atoms with Crippen LogP contribution in [0.2, 0.25) is 10.0 Å². The number of nitro benzene ring substituents is 2. The number of halogens is 5. The minimum atomic E-state index is -4.82. The molecular formula is C42H34Cl2F3N7O10. The number of allylic oxidation sites excluding steroid dienone is 2. The van der Waals surface area contributed by atoms with Gasteiger partial charge in [-0.2, -0.15) is 18.2 Å². The van der Waals surface area contributed by atoms with Crippen molar-refractivity contribution in [3.8, 4) is 11.5 Å². The van der Waals surface area contributed by atoms with Crippen LogP contribution in [0.3, 0.4) is 0 Å². The standard InChI is InChI=1S/C42H34Cl2F3N7O10/c1-4-64-32-13-19(5-12-31(32)55)34-24-10-11-25-33(39(58)51(37(25)56)23-15-29(53(60)61)35(50(2)3)30(16-23)54(62)63)26(24)17-27-38(57)52(40(59)41(27,34)20-6-8-22(43)9-7-20)49-36-28(44)14-21(18-48-36)42(45,46)47/h5-10,12-16,18,25-27,33-34,55H,4,11,17H2,1-3H3,(H,48,49). The van der Waals surface area contributed by atoms with Gasteiger partial charge in [0.15, 0.2) is 23.0 Å². The number of phenols is 1. The molecule has 2 aliphatic heterocycles. The lowest BCUT2D eigenvalue weighted by Crippen LogP contribution is -2.53. The highest BCUT2D eigenvalue weighted by Gasteiger charge is 2.70. The zero-order valence-electron chi connectivity index (χ0n) is 33.6. The summed E-state index contributed by atoms with van der Waals surface area (Å²) in [7, 11) is 2.72. The number of anilines is 3. The van der Waals surface area contributed by atoms with E-state index >= 15 is 9.59 Å². The molecule has 8 rings (SSSR count). The van der Waals surface area contributed by atoms with Crippen molar-refractivity contribution in [3.63, 3.8) is 0 Å². The number of benzene rings is 3. The molecule has 6 unspecified atom stereocenters. The van der Waals surface area contributed by atoms with Crippen LogP contribution in [0.5, 0.6) is 11.5 Å². The minimum Gasteiger partial charge on any atom is -0.504 e. The molecule has 0 radical (unpaired) electrons. The summed E-state index contributed by atoms with van der Waals surface area (Å²) in [5.41, 5.74) is -1.82. The van der Waals surface area contributed by atoms with Gasteiger partial charge in [-0.15, -0.1) is 0 Å². The minimum absolute atomic E-state index is 0.00867. The topological polar surface area (TPSA) is 219 Å². The first-order valence-electron chi connectivity index (χ1n) is 19.5. The Balaban J connectivity index is 1.32. The third-order valence-electron chi connectivity index (χ3n) is 12.3. The fraction of sp³-hybridized carbons (Fsp3) is 0.310. The van der Waals surface area contributed by atoms with Crippen molar-refractivity contribution >= 4 is 75.4 Å². The number of carbonyl (C=O) groups is 4. The van der Waals surface area contributed by atoms with Gasteiger partial charge in [0, 0.05) is 43.4 Å². The number of nitrogens with one attached hydrogen (secondary N) is 1. The van der Waals surface area contributed by atoms with Gasteiger partial charge in [-0.25, -0.2) is 9.88 Å². The quantitative estimate of drug-likeness (QED) is 0.0679. The Bertz CT molecular complexity index is 2700. The number of rotatable bonds is 10. The Morgan fingerprint density at radius 1 is 0.953 bits per heavy atom. The van der Waals surface area contributed by atoms with E-state index in [1.807, 2.05) is 0 Å². The lowest BCUT2D eigenvalue weighted by Gasteiger charge is -2.50. The van der Waals surface area contributed by atoms with Crippen LogP contribution in [-0.4, -0.2) is 69.3 Å². The van der Waals surface area contributed by atoms with Crippen LogP contribution < -0.4 is 20.0 Å². The number of phenolic OH excluding ortho intramolecular Hbond substituents is 1. The lowest BCUT2D eigenvalue weighted by molar-refractivity contribution is -0.392. The first kappa shape index (κ1) is 43.8. The first-order chi connectivity index (χ1) is 30.2. The molecule has 1 saturated carbocycles. The molecule has 6 atom stereocenters. The normalized spacial score (nSPS) is 23.9. The maximum absolute atomic E-state index is 15.5. The molecular weight excluding hydrogens is 890 g/mol. The number of nitrogens with zero attached hydrogens (tertiary/aromatic N) is 6. The van der Waals surface area contributed by atoms with Crippen molar-refractivity contribution in [2.45, 2.75) is 37.3 Å². The molecule has 64 heavy (non-hydrogen) atoms. The van der Waals surface area contributed by atoms with Gasteiger partial charge in [-0.1, -0.05) is 53.1 Å². The van der Waals surface area contributed by atoms with Gasteiger partial charge in [0.25, 0.3) is 11.8 Å². The highest BCUT2D eigenvalue weighted by molar-refractivity contribution is 6.33. The van der Waals surface area contributed by atoms with E-state index in [0.29, 0.717) is 33.3 Å². The van der Waals surface area contributed by atoms with E-state index in [-0.39, 0.29) is 47.2 Å². The van der Waals surface area contributed by atoms with Crippen molar-refractivity contribution in [3.05, 3.63) is 125 Å². The van der Waals surface area contributed by atoms with E-state index in [1.165, 1.54) is 49.3 Å². The molecule has 332 valence electrons. The van der Waals surface area contributed by atoms with E-state index in [1.54, 1.807) is 25.1 Å². The zero-order chi connectivity index (χ0) is 46.3. The zero-order valence-corrected chi connectivity index (χ0v) is 35.1. The Labute approximate surface area is 370 Å². The molecule has 4 aromatic rings. The molecule has 2 aliphatic carbocycles. The SMILES string of the molecule is CCOc1cc(C2C3=CCC4C(=O)N(c5cc([N+](=O)[O-])c(N(C)C)c([N+](=O)[O-])c5)C(=O)C4C3CC3C(=O)N(Nc4ncc(C(F)(F)F)cc4Cl)C(=O)C32c2ccc(Cl)cc2)ccc1O. The first-order valence-corrected chi connectivity index (χ1v) is 20.3. The van der Waals surface area contributed by atoms with Crippen molar-refractivity contribution in [2.24, 2.45) is 23.7 Å². The molecule has 0 bridgehead atoms. The van der Waals surface area contributed by atoms with Crippen LogP contribution >= 0.6 is 23.2 Å². The molecule has 22 heteroatoms. The molecule has 3 aromatic carbocycles. The summed E-state index contributed by atoms with van der Waals surface area (Å²) >= 11 is 12.6. The molecule has 2 saturated heterocycles. The molecule has 17 nitrogen and oxygen atoms in total. The summed E-state index contributed by atoms with van der Waals surface area (Å²) in [5, 5.41) is 35.7. The highest BCUT2D eigenvalue weighted by atomic mass is 35.5. The number of amides is 4. The third-order valence-corrected chi connectivity index (χ3v) is 12.9. The maximum Gasteiger partial charge on any atom is 0.417 e. The predicted octanol–water partition coefficient (Wildman–Crippen LogP) is 7.58. The Morgan fingerprint density at radius 3 is 2.19 bits per heavy atom. The van der Waals surface area contributed by atoms with Crippen molar-refractivity contribution in [1.29, 1.82) is 0 Å². The van der Waals surface area contributed by atoms with Gasteiger partial charge in [0.2, 0.25) is 11.8 Å². The third kappa shape index (κ3) is 6.73. The van der Waals surface area contributed by atoms with Crippen molar-refractivity contribution < 1.29 is 52.0 Å². The smallest absolute Gasteiger partial charge is 0.417 e. The number of hydrazine groups is 1. The van der Waals surface area contributed by atoms with Crippen LogP contribution in [0.25, 0.3) is 0 Å². The highest BCUT2D eigenvalue weighted by Crippen LogP contribution is 2.65. The maximum atomic E-state index is 15.5. The number of nitro groups is 2. The molecule has 2 N–H and O–H groups in total. The van der Waals surface area contributed by atoms with Gasteiger partial charge in [0.1, 0.15) is 0 Å². The van der Waals surface area contributed by atoms with E-state index in [0.717, 1.165) is 12.1 Å². The summed E-state index contributed by atoms with van der Waals surface area (Å²) in [4.78, 5) is 88.2. The summed E-state index contributed by atoms with van der Waals surface area (Å²) < 4.78 is 46.5. The number of hydrogen-bond acceptors (Lipinski definition) is 13. The largest absolute Gasteiger partial charge is 0.504 e. The van der Waals surface area contributed by atoms with Crippen LogP contribution in [0.4, 0.5) is 41.7 Å². The van der Waals surface area contributed by atoms with Crippen LogP contribution in [0, 0.1) is 43.9 Å². The second-order valence-corrected chi connectivity index (χ2v) is 16.7. The summed E-state index contributed by atoms with van der Waals surface area (Å²) in [6.07, 6.45) is -3.04. The second kappa shape index (κ2) is 15.8. The van der Waals surface area contributed by atoms with Gasteiger partial charge in [-0.3, -0.25) is 44.8 Å². The number of alkyl halides is 3. The molecule has 4 amide bonds. The Hall–Kier alpha value is -6.80. The lowest BCUT2D eigenvalue weighted by atomic mass is 9.49. The fourth-order valence-electron chi connectivity index (χ4n) is 9.85. The van der Waals surface area contributed by atoms with Crippen LogP contribution in [-0.2, 0) is 30.8 Å².